The summed E-state index contributed by atoms with van der Waals surface area (Å²) in [5, 5.41) is 16.3. The third-order valence-corrected chi connectivity index (χ3v) is 4.99. The van der Waals surface area contributed by atoms with Crippen molar-refractivity contribution >= 4 is 22.7 Å². The van der Waals surface area contributed by atoms with E-state index in [-0.39, 0.29) is 5.71 Å². The van der Waals surface area contributed by atoms with E-state index in [2.05, 4.69) is 58.8 Å². The summed E-state index contributed by atoms with van der Waals surface area (Å²) >= 11 is 1.42. The van der Waals surface area contributed by atoms with Crippen LogP contribution in [0.4, 0.5) is 5.69 Å². The summed E-state index contributed by atoms with van der Waals surface area (Å²) in [4.78, 5) is 4.58. The maximum Gasteiger partial charge on any atom is 0.196 e. The number of anilines is 1. The standard InChI is InChI=1S/C21H20N4S/c1-4-16-6-8-17(9-7-16)20-13-26-21(23-20)19(12-22)25-24-18-10-5-14(2)11-15(18)3/h5-11,13,24H,4H2,1-3H3/b25-19-. The van der Waals surface area contributed by atoms with Gasteiger partial charge >= 0.3 is 0 Å². The van der Waals surface area contributed by atoms with Crippen LogP contribution in [0, 0.1) is 25.2 Å². The summed E-state index contributed by atoms with van der Waals surface area (Å²) in [6.07, 6.45) is 1.01. The summed E-state index contributed by atoms with van der Waals surface area (Å²) in [7, 11) is 0. The van der Waals surface area contributed by atoms with Gasteiger partial charge in [-0.2, -0.15) is 10.4 Å². The third-order valence-electron chi connectivity index (χ3n) is 4.14. The number of aryl methyl sites for hydroxylation is 3. The molecule has 2 aromatic carbocycles. The Morgan fingerprint density at radius 1 is 1.19 bits per heavy atom. The van der Waals surface area contributed by atoms with Gasteiger partial charge in [-0.05, 0) is 37.5 Å². The number of hydrogen-bond acceptors (Lipinski definition) is 5. The molecule has 4 nitrogen and oxygen atoms in total. The van der Waals surface area contributed by atoms with Gasteiger partial charge in [0.25, 0.3) is 0 Å². The number of nitriles is 1. The van der Waals surface area contributed by atoms with Crippen LogP contribution in [0.25, 0.3) is 11.3 Å². The van der Waals surface area contributed by atoms with Crippen molar-refractivity contribution < 1.29 is 0 Å². The van der Waals surface area contributed by atoms with Crippen LogP contribution < -0.4 is 5.43 Å². The largest absolute Gasteiger partial charge is 0.277 e. The molecule has 3 aromatic rings. The summed E-state index contributed by atoms with van der Waals surface area (Å²) in [5.74, 6) is 0. The molecule has 26 heavy (non-hydrogen) atoms. The van der Waals surface area contributed by atoms with Crippen molar-refractivity contribution in [1.82, 2.24) is 4.98 Å². The quantitative estimate of drug-likeness (QED) is 0.494. The summed E-state index contributed by atoms with van der Waals surface area (Å²) in [6.45, 7) is 6.19. The number of benzene rings is 2. The van der Waals surface area contributed by atoms with E-state index in [1.165, 1.54) is 22.5 Å². The molecule has 130 valence electrons. The Hall–Kier alpha value is -2.97. The number of hydrazone groups is 1. The molecule has 0 radical (unpaired) electrons. The van der Waals surface area contributed by atoms with Crippen LogP contribution in [0.1, 0.15) is 28.6 Å². The fourth-order valence-corrected chi connectivity index (χ4v) is 3.37. The van der Waals surface area contributed by atoms with Gasteiger partial charge in [-0.25, -0.2) is 4.98 Å². The first-order valence-corrected chi connectivity index (χ1v) is 9.35. The van der Waals surface area contributed by atoms with E-state index in [0.717, 1.165) is 28.9 Å². The van der Waals surface area contributed by atoms with Gasteiger partial charge in [0.15, 0.2) is 10.7 Å². The average molecular weight is 360 g/mol. The third kappa shape index (κ3) is 3.98. The number of rotatable bonds is 5. The molecule has 0 saturated heterocycles. The second kappa shape index (κ2) is 7.94. The lowest BCUT2D eigenvalue weighted by Crippen LogP contribution is -2.02. The van der Waals surface area contributed by atoms with Gasteiger partial charge in [-0.15, -0.1) is 11.3 Å². The van der Waals surface area contributed by atoms with Crippen molar-refractivity contribution in [2.45, 2.75) is 27.2 Å². The Morgan fingerprint density at radius 2 is 1.96 bits per heavy atom. The van der Waals surface area contributed by atoms with Crippen LogP contribution in [-0.2, 0) is 6.42 Å². The Labute approximate surface area is 157 Å². The number of thiazole rings is 1. The molecule has 0 saturated carbocycles. The summed E-state index contributed by atoms with van der Waals surface area (Å²) in [5.41, 5.74) is 9.63. The van der Waals surface area contributed by atoms with Crippen LogP contribution in [0.15, 0.2) is 52.9 Å². The second-order valence-electron chi connectivity index (χ2n) is 6.09. The summed E-state index contributed by atoms with van der Waals surface area (Å²) in [6, 6.07) is 16.5. The lowest BCUT2D eigenvalue weighted by atomic mass is 10.1. The van der Waals surface area contributed by atoms with Crippen molar-refractivity contribution in [3.05, 3.63) is 69.5 Å². The van der Waals surface area contributed by atoms with Crippen molar-refractivity contribution in [3.8, 4) is 17.3 Å². The lowest BCUT2D eigenvalue weighted by Gasteiger charge is -2.05. The molecule has 0 atom stereocenters. The zero-order valence-corrected chi connectivity index (χ0v) is 15.9. The molecule has 0 spiro atoms. The first kappa shape index (κ1) is 17.8. The lowest BCUT2D eigenvalue weighted by molar-refractivity contribution is 1.14. The Morgan fingerprint density at radius 3 is 2.62 bits per heavy atom. The van der Waals surface area contributed by atoms with Crippen LogP contribution in [-0.4, -0.2) is 10.7 Å². The highest BCUT2D eigenvalue weighted by Gasteiger charge is 2.11. The number of nitrogens with one attached hydrogen (secondary N) is 1. The topological polar surface area (TPSA) is 61.1 Å². The van der Waals surface area contributed by atoms with E-state index in [0.29, 0.717) is 5.01 Å². The molecule has 3 rings (SSSR count). The fraction of sp³-hybridized carbons (Fsp3) is 0.190. The van der Waals surface area contributed by atoms with Crippen LogP contribution in [0.3, 0.4) is 0 Å². The van der Waals surface area contributed by atoms with E-state index in [1.807, 2.05) is 31.4 Å². The zero-order valence-electron chi connectivity index (χ0n) is 15.1. The van der Waals surface area contributed by atoms with Crippen molar-refractivity contribution in [3.63, 3.8) is 0 Å². The highest BCUT2D eigenvalue weighted by molar-refractivity contribution is 7.12. The van der Waals surface area contributed by atoms with Gasteiger partial charge in [0.1, 0.15) is 6.07 Å². The zero-order chi connectivity index (χ0) is 18.5. The van der Waals surface area contributed by atoms with Crippen molar-refractivity contribution in [1.29, 1.82) is 5.26 Å². The van der Waals surface area contributed by atoms with Gasteiger partial charge in [0.05, 0.1) is 11.4 Å². The van der Waals surface area contributed by atoms with Gasteiger partial charge < -0.3 is 0 Å². The monoisotopic (exact) mass is 360 g/mol. The van der Waals surface area contributed by atoms with E-state index < -0.39 is 0 Å². The molecule has 5 heteroatoms. The number of aromatic nitrogens is 1. The predicted molar refractivity (Wildman–Crippen MR) is 109 cm³/mol. The molecule has 0 bridgehead atoms. The average Bonchev–Trinajstić information content (AvgIpc) is 3.14. The van der Waals surface area contributed by atoms with Crippen molar-refractivity contribution in [2.75, 3.05) is 5.43 Å². The van der Waals surface area contributed by atoms with E-state index in [1.54, 1.807) is 0 Å². The molecule has 1 heterocycles. The maximum absolute atomic E-state index is 9.46. The van der Waals surface area contributed by atoms with Gasteiger partial charge in [0.2, 0.25) is 0 Å². The highest BCUT2D eigenvalue weighted by Crippen LogP contribution is 2.23. The first-order chi connectivity index (χ1) is 12.6. The molecule has 1 N–H and O–H groups in total. The van der Waals surface area contributed by atoms with Crippen LogP contribution >= 0.6 is 11.3 Å². The molecule has 0 aliphatic rings. The van der Waals surface area contributed by atoms with E-state index >= 15 is 0 Å². The minimum atomic E-state index is 0.284. The van der Waals surface area contributed by atoms with Gasteiger partial charge in [-0.1, -0.05) is 48.9 Å². The van der Waals surface area contributed by atoms with Crippen molar-refractivity contribution in [2.24, 2.45) is 5.10 Å². The number of nitrogens with zero attached hydrogens (tertiary/aromatic N) is 3. The second-order valence-corrected chi connectivity index (χ2v) is 6.95. The minimum absolute atomic E-state index is 0.284. The molecule has 0 fully saturated rings. The fourth-order valence-electron chi connectivity index (χ4n) is 2.60. The molecular weight excluding hydrogens is 340 g/mol. The Balaban J connectivity index is 1.82. The first-order valence-electron chi connectivity index (χ1n) is 8.47. The Bertz CT molecular complexity index is 978. The molecule has 0 unspecified atom stereocenters. The smallest absolute Gasteiger partial charge is 0.196 e. The highest BCUT2D eigenvalue weighted by atomic mass is 32.1. The molecule has 0 aliphatic carbocycles. The number of hydrogen-bond donors (Lipinski definition) is 1. The Kier molecular flexibility index (Phi) is 5.45. The normalized spacial score (nSPS) is 11.2. The molecule has 0 amide bonds. The summed E-state index contributed by atoms with van der Waals surface area (Å²) < 4.78 is 0. The molecule has 1 aromatic heterocycles. The van der Waals surface area contributed by atoms with Crippen LogP contribution in [0.5, 0.6) is 0 Å². The van der Waals surface area contributed by atoms with Gasteiger partial charge in [-0.3, -0.25) is 5.43 Å². The maximum atomic E-state index is 9.46. The van der Waals surface area contributed by atoms with Crippen LogP contribution in [0.2, 0.25) is 0 Å². The molecule has 0 aliphatic heterocycles. The van der Waals surface area contributed by atoms with Gasteiger partial charge in [0, 0.05) is 10.9 Å². The van der Waals surface area contributed by atoms with E-state index in [9.17, 15) is 5.26 Å². The SMILES string of the molecule is CCc1ccc(-c2csc(/C(C#N)=N\Nc3ccc(C)cc3C)n2)cc1. The molecular formula is C21H20N4S. The minimum Gasteiger partial charge on any atom is -0.277 e. The predicted octanol–water partition coefficient (Wildman–Crippen LogP) is 5.33. The van der Waals surface area contributed by atoms with E-state index in [4.69, 9.17) is 0 Å².